The van der Waals surface area contributed by atoms with E-state index in [0.29, 0.717) is 25.0 Å². The number of halogens is 3. The number of hydrogen-bond acceptors (Lipinski definition) is 5. The number of anilines is 1. The van der Waals surface area contributed by atoms with Crippen molar-refractivity contribution in [2.75, 3.05) is 31.5 Å². The number of Topliss-reactive ketones (excluding diaryl/α,β-unsaturated/α-hetero) is 1. The van der Waals surface area contributed by atoms with Gasteiger partial charge in [0.2, 0.25) is 5.91 Å². The molecule has 12 heteroatoms. The lowest BCUT2D eigenvalue weighted by molar-refractivity contribution is -0.119. The van der Waals surface area contributed by atoms with Gasteiger partial charge in [0.05, 0.1) is 6.04 Å². The van der Waals surface area contributed by atoms with Gasteiger partial charge in [-0.2, -0.15) is 0 Å². The van der Waals surface area contributed by atoms with Gasteiger partial charge in [0.15, 0.2) is 23.3 Å². The van der Waals surface area contributed by atoms with E-state index in [1.165, 1.54) is 26.3 Å². The van der Waals surface area contributed by atoms with Crippen molar-refractivity contribution in [1.29, 1.82) is 0 Å². The number of nitrogens with zero attached hydrogens (tertiary/aromatic N) is 2. The Morgan fingerprint density at radius 3 is 2.40 bits per heavy atom. The Morgan fingerprint density at radius 2 is 1.80 bits per heavy atom. The second-order valence-electron chi connectivity index (χ2n) is 11.7. The molecule has 2 aliphatic rings. The minimum absolute atomic E-state index is 0.0153. The van der Waals surface area contributed by atoms with Crippen LogP contribution in [0.4, 0.5) is 28.4 Å². The van der Waals surface area contributed by atoms with E-state index >= 15 is 0 Å². The first-order chi connectivity index (χ1) is 21.2. The number of carbonyl (C=O) groups is 4. The first-order valence-corrected chi connectivity index (χ1v) is 15.0. The second-order valence-corrected chi connectivity index (χ2v) is 11.7. The molecule has 0 radical (unpaired) electrons. The molecule has 5 amide bonds. The molecule has 9 nitrogen and oxygen atoms in total. The molecule has 1 aromatic carbocycles. The van der Waals surface area contributed by atoms with E-state index in [-0.39, 0.29) is 35.2 Å². The number of likely N-dealkylation sites (tertiary alicyclic amines) is 1. The van der Waals surface area contributed by atoms with Crippen molar-refractivity contribution >= 4 is 29.4 Å². The molecule has 1 saturated heterocycles. The lowest BCUT2D eigenvalue weighted by Crippen LogP contribution is -2.58. The molecular weight excluding hydrogens is 587 g/mol. The molecule has 0 saturated carbocycles. The van der Waals surface area contributed by atoms with Crippen molar-refractivity contribution in [3.8, 4) is 0 Å². The van der Waals surface area contributed by atoms with Crippen LogP contribution < -0.4 is 16.0 Å². The summed E-state index contributed by atoms with van der Waals surface area (Å²) in [5, 5.41) is 8.11. The molecule has 1 aromatic rings. The van der Waals surface area contributed by atoms with Crippen LogP contribution in [-0.2, 0) is 9.59 Å². The summed E-state index contributed by atoms with van der Waals surface area (Å²) in [5.74, 6) is -5.26. The average molecular weight is 630 g/mol. The Morgan fingerprint density at radius 1 is 1.13 bits per heavy atom. The van der Waals surface area contributed by atoms with Gasteiger partial charge < -0.3 is 20.9 Å². The zero-order valence-electron chi connectivity index (χ0n) is 26.4. The van der Waals surface area contributed by atoms with E-state index in [9.17, 15) is 32.3 Å². The molecule has 3 N–H and O–H groups in total. The molecule has 3 rings (SSSR count). The number of carbonyl (C=O) groups excluding carboxylic acids is 4. The number of piperidine rings is 1. The third-order valence-corrected chi connectivity index (χ3v) is 7.95. The molecule has 2 aliphatic heterocycles. The van der Waals surface area contributed by atoms with Crippen molar-refractivity contribution in [2.24, 2.45) is 5.92 Å². The average Bonchev–Trinajstić information content (AvgIpc) is 2.98. The predicted molar refractivity (Wildman–Crippen MR) is 167 cm³/mol. The van der Waals surface area contributed by atoms with Gasteiger partial charge in [0.25, 0.3) is 0 Å². The van der Waals surface area contributed by atoms with Crippen molar-refractivity contribution in [2.45, 2.75) is 65.8 Å². The third kappa shape index (κ3) is 9.16. The molecule has 1 fully saturated rings. The standard InChI is InChI=1S/C33H42F3N5O4/c1-19(2)31(43)39-26-10-7-9-25(18-26)24-11-15-40(16-12-24)14-8-13-37-32(44)41-30(20(3)17-27(35)29(36)21(4)34)28(23(6)42)22(5)38-33(41)45/h7,9-10,17-19,24,30H,4,8,11-16H2,1-3,5-6H3,(H,37,44)(H,38,45)(H,39,43)/b20-17+,29-27-/t30-/m0/s1. The van der Waals surface area contributed by atoms with Gasteiger partial charge in [-0.1, -0.05) is 32.6 Å². The van der Waals surface area contributed by atoms with Crippen LogP contribution >= 0.6 is 0 Å². The number of imide groups is 1. The highest BCUT2D eigenvalue weighted by atomic mass is 19.2. The van der Waals surface area contributed by atoms with E-state index in [1.807, 2.05) is 32.0 Å². The van der Waals surface area contributed by atoms with Gasteiger partial charge in [-0.3, -0.25) is 9.59 Å². The fraction of sp³-hybridized carbons (Fsp3) is 0.455. The number of nitrogens with one attached hydrogen (secondary N) is 3. The van der Waals surface area contributed by atoms with Crippen LogP contribution in [0, 0.1) is 5.92 Å². The van der Waals surface area contributed by atoms with E-state index in [0.717, 1.165) is 36.5 Å². The monoisotopic (exact) mass is 629 g/mol. The first kappa shape index (κ1) is 35.3. The van der Waals surface area contributed by atoms with Gasteiger partial charge in [0.1, 0.15) is 0 Å². The highest BCUT2D eigenvalue weighted by molar-refractivity contribution is 6.04. The predicted octanol–water partition coefficient (Wildman–Crippen LogP) is 6.40. The van der Waals surface area contributed by atoms with E-state index in [2.05, 4.69) is 33.5 Å². The highest BCUT2D eigenvalue weighted by Crippen LogP contribution is 2.31. The lowest BCUT2D eigenvalue weighted by atomic mass is 9.89. The molecular formula is C33H42F3N5O4. The topological polar surface area (TPSA) is 111 Å². The summed E-state index contributed by atoms with van der Waals surface area (Å²) in [6.45, 7) is 13.1. The van der Waals surface area contributed by atoms with Gasteiger partial charge in [0, 0.05) is 29.4 Å². The number of amides is 5. The van der Waals surface area contributed by atoms with Crippen molar-refractivity contribution in [3.63, 3.8) is 0 Å². The number of benzene rings is 1. The zero-order valence-corrected chi connectivity index (χ0v) is 26.4. The molecule has 0 spiro atoms. The molecule has 0 bridgehead atoms. The van der Waals surface area contributed by atoms with Crippen LogP contribution in [0.15, 0.2) is 71.2 Å². The largest absolute Gasteiger partial charge is 0.337 e. The molecule has 0 unspecified atom stereocenters. The third-order valence-electron chi connectivity index (χ3n) is 7.95. The first-order valence-electron chi connectivity index (χ1n) is 15.0. The van der Waals surface area contributed by atoms with E-state index in [4.69, 9.17) is 0 Å². The van der Waals surface area contributed by atoms with Gasteiger partial charge in [-0.05, 0) is 94.9 Å². The highest BCUT2D eigenvalue weighted by Gasteiger charge is 2.40. The summed E-state index contributed by atoms with van der Waals surface area (Å²) in [6.07, 6.45) is 3.10. The summed E-state index contributed by atoms with van der Waals surface area (Å²) in [5.41, 5.74) is 2.10. The van der Waals surface area contributed by atoms with Crippen LogP contribution in [0.3, 0.4) is 0 Å². The van der Waals surface area contributed by atoms with Crippen molar-refractivity contribution in [3.05, 3.63) is 76.8 Å². The van der Waals surface area contributed by atoms with Crippen molar-refractivity contribution < 1.29 is 32.3 Å². The summed E-state index contributed by atoms with van der Waals surface area (Å²) >= 11 is 0. The number of rotatable bonds is 11. The molecule has 0 aliphatic carbocycles. The number of hydrogen-bond donors (Lipinski definition) is 3. The summed E-state index contributed by atoms with van der Waals surface area (Å²) in [7, 11) is 0. The number of ketones is 1. The maximum Gasteiger partial charge on any atom is 0.330 e. The quantitative estimate of drug-likeness (QED) is 0.194. The molecule has 45 heavy (non-hydrogen) atoms. The maximum absolute atomic E-state index is 14.3. The Labute approximate surface area is 262 Å². The van der Waals surface area contributed by atoms with Gasteiger partial charge in [-0.25, -0.2) is 27.7 Å². The van der Waals surface area contributed by atoms with Crippen LogP contribution in [0.1, 0.15) is 65.4 Å². The van der Waals surface area contributed by atoms with Crippen LogP contribution in [0.5, 0.6) is 0 Å². The minimum Gasteiger partial charge on any atom is -0.337 e. The zero-order chi connectivity index (χ0) is 33.4. The second kappa shape index (κ2) is 15.7. The number of urea groups is 2. The number of allylic oxidation sites excluding steroid dienone is 5. The van der Waals surface area contributed by atoms with E-state index < -0.39 is 41.4 Å². The fourth-order valence-corrected chi connectivity index (χ4v) is 5.54. The minimum atomic E-state index is -1.82. The maximum atomic E-state index is 14.3. The molecule has 0 aromatic heterocycles. The summed E-state index contributed by atoms with van der Waals surface area (Å²) in [4.78, 5) is 53.7. The van der Waals surface area contributed by atoms with Crippen LogP contribution in [0.25, 0.3) is 0 Å². The Hall–Kier alpha value is -4.19. The van der Waals surface area contributed by atoms with Crippen molar-refractivity contribution in [1.82, 2.24) is 20.4 Å². The van der Waals surface area contributed by atoms with Gasteiger partial charge >= 0.3 is 12.1 Å². The molecule has 1 atom stereocenters. The van der Waals surface area contributed by atoms with Crippen LogP contribution in [0.2, 0.25) is 0 Å². The summed E-state index contributed by atoms with van der Waals surface area (Å²) in [6, 6.07) is 4.95. The Bertz CT molecular complexity index is 1430. The normalized spacial score (nSPS) is 18.9. The smallest absolute Gasteiger partial charge is 0.330 e. The van der Waals surface area contributed by atoms with Crippen LogP contribution in [-0.4, -0.2) is 65.8 Å². The molecule has 244 valence electrons. The SMILES string of the molecule is C=C(F)/C(F)=C(F)\C=C(/C)[C@H]1C(C(C)=O)=C(C)NC(=O)N1C(=O)NCCCN1CCC(c2cccc(NC(=O)C(C)C)c2)CC1. The van der Waals surface area contributed by atoms with Gasteiger partial charge in [-0.15, -0.1) is 0 Å². The molecule has 2 heterocycles. The fourth-order valence-electron chi connectivity index (χ4n) is 5.54. The van der Waals surface area contributed by atoms with E-state index in [1.54, 1.807) is 0 Å². The lowest BCUT2D eigenvalue weighted by Gasteiger charge is -2.37. The Kier molecular flexibility index (Phi) is 12.3. The summed E-state index contributed by atoms with van der Waals surface area (Å²) < 4.78 is 41.2. The Balaban J connectivity index is 1.59.